The lowest BCUT2D eigenvalue weighted by Gasteiger charge is -2.18. The van der Waals surface area contributed by atoms with E-state index in [4.69, 9.17) is 4.74 Å². The van der Waals surface area contributed by atoms with Gasteiger partial charge >= 0.3 is 5.69 Å². The lowest BCUT2D eigenvalue weighted by molar-refractivity contribution is -0.131. The van der Waals surface area contributed by atoms with Gasteiger partial charge in [0, 0.05) is 25.9 Å². The van der Waals surface area contributed by atoms with Crippen molar-refractivity contribution in [1.29, 1.82) is 0 Å². The third-order valence-corrected chi connectivity index (χ3v) is 3.28. The van der Waals surface area contributed by atoms with Crippen molar-refractivity contribution < 1.29 is 9.53 Å². The standard InChI is InChI=1S/C16H19N3O4/c1-3-23-13-6-4-12(5-7-13)10-18(2)15(21)11-19-9-8-14(20)17-16(19)22/h4-9H,3,10-11H2,1-2H3,(H,17,20,22). The lowest BCUT2D eigenvalue weighted by Crippen LogP contribution is -2.36. The number of likely N-dealkylation sites (N-methyl/N-ethyl adjacent to an activating group) is 1. The second kappa shape index (κ2) is 7.44. The number of hydrogen-bond donors (Lipinski definition) is 1. The van der Waals surface area contributed by atoms with E-state index in [1.807, 2.05) is 31.2 Å². The summed E-state index contributed by atoms with van der Waals surface area (Å²) in [6.45, 7) is 2.82. The Morgan fingerprint density at radius 3 is 2.52 bits per heavy atom. The van der Waals surface area contributed by atoms with Gasteiger partial charge in [0.15, 0.2) is 0 Å². The predicted octanol–water partition coefficient (Wildman–Crippen LogP) is 0.594. The summed E-state index contributed by atoms with van der Waals surface area (Å²) < 4.78 is 6.53. The van der Waals surface area contributed by atoms with Crippen LogP contribution >= 0.6 is 0 Å². The second-order valence-corrected chi connectivity index (χ2v) is 5.06. The van der Waals surface area contributed by atoms with Gasteiger partial charge in [0.1, 0.15) is 12.3 Å². The summed E-state index contributed by atoms with van der Waals surface area (Å²) in [5.41, 5.74) is -0.125. The number of carbonyl (C=O) groups is 1. The van der Waals surface area contributed by atoms with E-state index in [2.05, 4.69) is 4.98 Å². The summed E-state index contributed by atoms with van der Waals surface area (Å²) in [7, 11) is 1.66. The molecule has 0 aliphatic carbocycles. The number of hydrogen-bond acceptors (Lipinski definition) is 4. The SMILES string of the molecule is CCOc1ccc(CN(C)C(=O)Cn2ccc(=O)[nH]c2=O)cc1. The average Bonchev–Trinajstić information content (AvgIpc) is 2.52. The van der Waals surface area contributed by atoms with Gasteiger partial charge in [-0.3, -0.25) is 19.1 Å². The van der Waals surface area contributed by atoms with Crippen LogP contribution in [0.3, 0.4) is 0 Å². The first-order valence-corrected chi connectivity index (χ1v) is 7.25. The molecule has 7 nitrogen and oxygen atoms in total. The number of carbonyl (C=O) groups excluding carboxylic acids is 1. The molecule has 0 atom stereocenters. The van der Waals surface area contributed by atoms with Crippen LogP contribution in [-0.4, -0.2) is 34.0 Å². The normalized spacial score (nSPS) is 10.3. The van der Waals surface area contributed by atoms with Crippen molar-refractivity contribution in [2.24, 2.45) is 0 Å². The minimum Gasteiger partial charge on any atom is -0.494 e. The number of nitrogens with one attached hydrogen (secondary N) is 1. The molecule has 1 aromatic heterocycles. The number of benzene rings is 1. The molecule has 0 aliphatic heterocycles. The molecule has 0 saturated carbocycles. The molecule has 2 aromatic rings. The first kappa shape index (κ1) is 16.5. The Kier molecular flexibility index (Phi) is 5.35. The molecule has 1 N–H and O–H groups in total. The number of ether oxygens (including phenoxy) is 1. The fraction of sp³-hybridized carbons (Fsp3) is 0.312. The Hall–Kier alpha value is -2.83. The number of amides is 1. The Labute approximate surface area is 133 Å². The zero-order chi connectivity index (χ0) is 16.8. The van der Waals surface area contributed by atoms with Crippen molar-refractivity contribution in [1.82, 2.24) is 14.5 Å². The topological polar surface area (TPSA) is 84.4 Å². The van der Waals surface area contributed by atoms with E-state index in [1.54, 1.807) is 7.05 Å². The van der Waals surface area contributed by atoms with Crippen LogP contribution in [0.5, 0.6) is 5.75 Å². The van der Waals surface area contributed by atoms with Gasteiger partial charge in [0.05, 0.1) is 6.61 Å². The second-order valence-electron chi connectivity index (χ2n) is 5.06. The first-order valence-electron chi connectivity index (χ1n) is 7.25. The van der Waals surface area contributed by atoms with E-state index in [0.717, 1.165) is 11.3 Å². The van der Waals surface area contributed by atoms with Gasteiger partial charge < -0.3 is 9.64 Å². The van der Waals surface area contributed by atoms with Crippen LogP contribution in [0.25, 0.3) is 0 Å². The number of H-pyrrole nitrogens is 1. The molecule has 1 amide bonds. The van der Waals surface area contributed by atoms with E-state index in [-0.39, 0.29) is 12.5 Å². The fourth-order valence-corrected chi connectivity index (χ4v) is 2.05. The van der Waals surface area contributed by atoms with E-state index in [0.29, 0.717) is 13.2 Å². The molecule has 0 unspecified atom stereocenters. The fourth-order valence-electron chi connectivity index (χ4n) is 2.05. The van der Waals surface area contributed by atoms with Crippen LogP contribution in [-0.2, 0) is 17.9 Å². The molecule has 1 aromatic carbocycles. The molecule has 0 radical (unpaired) electrons. The number of nitrogens with zero attached hydrogens (tertiary/aromatic N) is 2. The van der Waals surface area contributed by atoms with Gasteiger partial charge in [-0.1, -0.05) is 12.1 Å². The highest BCUT2D eigenvalue weighted by atomic mass is 16.5. The molecular formula is C16H19N3O4. The van der Waals surface area contributed by atoms with Gasteiger partial charge in [-0.2, -0.15) is 0 Å². The summed E-state index contributed by atoms with van der Waals surface area (Å²) in [6, 6.07) is 8.69. The van der Waals surface area contributed by atoms with Gasteiger partial charge in [-0.05, 0) is 24.6 Å². The van der Waals surface area contributed by atoms with E-state index in [1.165, 1.54) is 21.7 Å². The summed E-state index contributed by atoms with van der Waals surface area (Å²) in [5, 5.41) is 0. The van der Waals surface area contributed by atoms with Crippen LogP contribution in [0.1, 0.15) is 12.5 Å². The van der Waals surface area contributed by atoms with Gasteiger partial charge in [0.25, 0.3) is 5.56 Å². The molecule has 0 spiro atoms. The molecule has 23 heavy (non-hydrogen) atoms. The molecule has 1 heterocycles. The van der Waals surface area contributed by atoms with E-state index in [9.17, 15) is 14.4 Å². The molecule has 2 rings (SSSR count). The summed E-state index contributed by atoms with van der Waals surface area (Å²) in [6.07, 6.45) is 1.31. The van der Waals surface area contributed by atoms with Crippen molar-refractivity contribution in [3.05, 3.63) is 62.9 Å². The summed E-state index contributed by atoms with van der Waals surface area (Å²) in [4.78, 5) is 38.4. The molecular weight excluding hydrogens is 298 g/mol. The Morgan fingerprint density at radius 1 is 1.22 bits per heavy atom. The molecule has 0 fully saturated rings. The maximum Gasteiger partial charge on any atom is 0.328 e. The zero-order valence-electron chi connectivity index (χ0n) is 13.1. The van der Waals surface area contributed by atoms with Gasteiger partial charge in [0.2, 0.25) is 5.91 Å². The number of rotatable bonds is 6. The summed E-state index contributed by atoms with van der Waals surface area (Å²) in [5.74, 6) is 0.554. The van der Waals surface area contributed by atoms with Gasteiger partial charge in [-0.25, -0.2) is 4.79 Å². The smallest absolute Gasteiger partial charge is 0.328 e. The van der Waals surface area contributed by atoms with Crippen LogP contribution < -0.4 is 16.0 Å². The van der Waals surface area contributed by atoms with E-state index < -0.39 is 11.2 Å². The maximum atomic E-state index is 12.2. The lowest BCUT2D eigenvalue weighted by atomic mass is 10.2. The largest absolute Gasteiger partial charge is 0.494 e. The Bertz CT molecular complexity index is 777. The van der Waals surface area contributed by atoms with Gasteiger partial charge in [-0.15, -0.1) is 0 Å². The minimum absolute atomic E-state index is 0.122. The van der Waals surface area contributed by atoms with Crippen molar-refractivity contribution in [2.75, 3.05) is 13.7 Å². The van der Waals surface area contributed by atoms with Crippen molar-refractivity contribution in [2.45, 2.75) is 20.0 Å². The van der Waals surface area contributed by atoms with E-state index >= 15 is 0 Å². The van der Waals surface area contributed by atoms with Crippen LogP contribution in [0.4, 0.5) is 0 Å². The highest BCUT2D eigenvalue weighted by Crippen LogP contribution is 2.13. The third-order valence-electron chi connectivity index (χ3n) is 3.28. The first-order chi connectivity index (χ1) is 11.0. The quantitative estimate of drug-likeness (QED) is 0.845. The Balaban J connectivity index is 1.99. The average molecular weight is 317 g/mol. The molecule has 122 valence electrons. The number of aromatic amines is 1. The highest BCUT2D eigenvalue weighted by Gasteiger charge is 2.11. The third kappa shape index (κ3) is 4.57. The molecule has 0 aliphatic rings. The maximum absolute atomic E-state index is 12.2. The number of aromatic nitrogens is 2. The molecule has 7 heteroatoms. The van der Waals surface area contributed by atoms with Crippen LogP contribution in [0.15, 0.2) is 46.1 Å². The highest BCUT2D eigenvalue weighted by molar-refractivity contribution is 5.75. The van der Waals surface area contributed by atoms with Crippen molar-refractivity contribution >= 4 is 5.91 Å². The van der Waals surface area contributed by atoms with Crippen molar-refractivity contribution in [3.8, 4) is 5.75 Å². The minimum atomic E-state index is -0.597. The monoisotopic (exact) mass is 317 g/mol. The van der Waals surface area contributed by atoms with Crippen LogP contribution in [0.2, 0.25) is 0 Å². The predicted molar refractivity (Wildman–Crippen MR) is 85.4 cm³/mol. The molecule has 0 bridgehead atoms. The Morgan fingerprint density at radius 2 is 1.91 bits per heavy atom. The van der Waals surface area contributed by atoms with Crippen molar-refractivity contribution in [3.63, 3.8) is 0 Å². The molecule has 0 saturated heterocycles. The van der Waals surface area contributed by atoms with Crippen LogP contribution in [0, 0.1) is 0 Å². The summed E-state index contributed by atoms with van der Waals surface area (Å²) >= 11 is 0. The zero-order valence-corrected chi connectivity index (χ0v) is 13.1.